The van der Waals surface area contributed by atoms with Gasteiger partial charge in [0.1, 0.15) is 5.82 Å². The van der Waals surface area contributed by atoms with E-state index in [2.05, 4.69) is 20.8 Å². The van der Waals surface area contributed by atoms with Crippen molar-refractivity contribution in [3.8, 4) is 0 Å². The molecule has 8 heteroatoms. The fraction of sp³-hybridized carbons (Fsp3) is 0. The molecule has 0 atom stereocenters. The number of aromatic nitrogens is 2. The molecule has 0 fully saturated rings. The first-order valence-corrected chi connectivity index (χ1v) is 7.14. The van der Waals surface area contributed by atoms with E-state index in [1.165, 1.54) is 36.4 Å². The number of hydrogen-bond donors (Lipinski definition) is 2. The highest BCUT2D eigenvalue weighted by molar-refractivity contribution is 6.02. The summed E-state index contributed by atoms with van der Waals surface area (Å²) in [5.74, 6) is -2.80. The van der Waals surface area contributed by atoms with Gasteiger partial charge >= 0.3 is 0 Å². The maximum atomic E-state index is 13.1. The van der Waals surface area contributed by atoms with Crippen molar-refractivity contribution in [2.75, 3.05) is 10.6 Å². The van der Waals surface area contributed by atoms with Crippen molar-refractivity contribution in [1.29, 1.82) is 0 Å². The summed E-state index contributed by atoms with van der Waals surface area (Å²) in [7, 11) is 0. The minimum absolute atomic E-state index is 0.0190. The third-order valence-electron chi connectivity index (χ3n) is 3.17. The number of rotatable bonds is 4. The highest BCUT2D eigenvalue weighted by Gasteiger charge is 2.10. The van der Waals surface area contributed by atoms with Gasteiger partial charge in [-0.15, -0.1) is 10.2 Å². The van der Waals surface area contributed by atoms with Crippen LogP contribution in [0.2, 0.25) is 0 Å². The molecule has 0 unspecified atom stereocenters. The Bertz CT molecular complexity index is 916. The van der Waals surface area contributed by atoms with Crippen molar-refractivity contribution in [1.82, 2.24) is 10.2 Å². The zero-order chi connectivity index (χ0) is 17.8. The van der Waals surface area contributed by atoms with E-state index in [1.54, 1.807) is 6.07 Å². The van der Waals surface area contributed by atoms with Crippen LogP contribution in [0.15, 0.2) is 54.6 Å². The minimum atomic E-state index is -1.07. The third kappa shape index (κ3) is 4.11. The maximum Gasteiger partial charge on any atom is 0.276 e. The predicted molar refractivity (Wildman–Crippen MR) is 86.0 cm³/mol. The summed E-state index contributed by atoms with van der Waals surface area (Å²) in [6.45, 7) is 0. The zero-order valence-electron chi connectivity index (χ0n) is 12.6. The van der Waals surface area contributed by atoms with E-state index in [1.807, 2.05) is 0 Å². The lowest BCUT2D eigenvalue weighted by atomic mass is 10.2. The molecular weight excluding hydrogens is 333 g/mol. The van der Waals surface area contributed by atoms with Crippen LogP contribution in [0.1, 0.15) is 10.5 Å². The van der Waals surface area contributed by atoms with E-state index in [0.29, 0.717) is 11.5 Å². The van der Waals surface area contributed by atoms with Crippen LogP contribution in [-0.2, 0) is 0 Å². The van der Waals surface area contributed by atoms with Crippen LogP contribution in [0.25, 0.3) is 0 Å². The number of carbonyl (C=O) groups is 1. The van der Waals surface area contributed by atoms with Gasteiger partial charge in [0.25, 0.3) is 5.91 Å². The van der Waals surface area contributed by atoms with Gasteiger partial charge in [0.15, 0.2) is 23.1 Å². The number of hydrogen-bond acceptors (Lipinski definition) is 4. The largest absolute Gasteiger partial charge is 0.339 e. The van der Waals surface area contributed by atoms with Gasteiger partial charge in [-0.05, 0) is 42.5 Å². The van der Waals surface area contributed by atoms with Gasteiger partial charge in [0.2, 0.25) is 0 Å². The second kappa shape index (κ2) is 7.00. The Hall–Kier alpha value is -3.42. The maximum absolute atomic E-state index is 13.1. The molecule has 0 spiro atoms. The van der Waals surface area contributed by atoms with E-state index in [9.17, 15) is 18.0 Å². The average Bonchev–Trinajstić information content (AvgIpc) is 2.59. The summed E-state index contributed by atoms with van der Waals surface area (Å²) < 4.78 is 39.1. The number of benzene rings is 2. The molecule has 0 aliphatic heterocycles. The quantitative estimate of drug-likeness (QED) is 0.753. The van der Waals surface area contributed by atoms with Gasteiger partial charge in [-0.3, -0.25) is 4.79 Å². The molecular formula is C17H11F3N4O. The number of halogens is 3. The Kier molecular flexibility index (Phi) is 4.60. The van der Waals surface area contributed by atoms with E-state index >= 15 is 0 Å². The minimum Gasteiger partial charge on any atom is -0.339 e. The monoisotopic (exact) mass is 344 g/mol. The van der Waals surface area contributed by atoms with Crippen molar-refractivity contribution in [3.63, 3.8) is 0 Å². The second-order valence-electron chi connectivity index (χ2n) is 5.02. The lowest BCUT2D eigenvalue weighted by molar-refractivity contribution is 0.102. The molecule has 0 aliphatic carbocycles. The SMILES string of the molecule is O=C(Nc1ccc(F)c(F)c1)c1ccc(Nc2cccc(F)c2)nn1. The van der Waals surface area contributed by atoms with E-state index < -0.39 is 23.4 Å². The van der Waals surface area contributed by atoms with Crippen molar-refractivity contribution in [2.45, 2.75) is 0 Å². The first-order chi connectivity index (χ1) is 12.0. The van der Waals surface area contributed by atoms with Crippen LogP contribution in [0.5, 0.6) is 0 Å². The van der Waals surface area contributed by atoms with Crippen molar-refractivity contribution in [3.05, 3.63) is 77.7 Å². The van der Waals surface area contributed by atoms with E-state index in [-0.39, 0.29) is 11.4 Å². The smallest absolute Gasteiger partial charge is 0.276 e. The molecule has 1 amide bonds. The Morgan fingerprint density at radius 1 is 0.840 bits per heavy atom. The van der Waals surface area contributed by atoms with E-state index in [0.717, 1.165) is 12.1 Å². The molecule has 0 saturated heterocycles. The lowest BCUT2D eigenvalue weighted by Gasteiger charge is -2.07. The predicted octanol–water partition coefficient (Wildman–Crippen LogP) is 3.89. The van der Waals surface area contributed by atoms with Crippen LogP contribution < -0.4 is 10.6 Å². The van der Waals surface area contributed by atoms with Crippen LogP contribution in [-0.4, -0.2) is 16.1 Å². The summed E-state index contributed by atoms with van der Waals surface area (Å²) >= 11 is 0. The number of anilines is 3. The summed E-state index contributed by atoms with van der Waals surface area (Å²) in [6, 6.07) is 11.6. The second-order valence-corrected chi connectivity index (χ2v) is 5.02. The molecule has 5 nitrogen and oxygen atoms in total. The first-order valence-electron chi connectivity index (χ1n) is 7.14. The normalized spacial score (nSPS) is 10.4. The summed E-state index contributed by atoms with van der Waals surface area (Å²) in [5.41, 5.74) is 0.551. The summed E-state index contributed by atoms with van der Waals surface area (Å²) in [4.78, 5) is 12.0. The highest BCUT2D eigenvalue weighted by Crippen LogP contribution is 2.16. The fourth-order valence-corrected chi connectivity index (χ4v) is 2.00. The number of carbonyl (C=O) groups excluding carboxylic acids is 1. The summed E-state index contributed by atoms with van der Waals surface area (Å²) in [5, 5.41) is 12.8. The summed E-state index contributed by atoms with van der Waals surface area (Å²) in [6.07, 6.45) is 0. The Balaban J connectivity index is 1.68. The first kappa shape index (κ1) is 16.4. The molecule has 0 radical (unpaired) electrons. The van der Waals surface area contributed by atoms with Gasteiger partial charge in [0.05, 0.1) is 0 Å². The van der Waals surface area contributed by atoms with Gasteiger partial charge in [-0.25, -0.2) is 13.2 Å². The number of nitrogens with zero attached hydrogens (tertiary/aromatic N) is 2. The van der Waals surface area contributed by atoms with Gasteiger partial charge < -0.3 is 10.6 Å². The van der Waals surface area contributed by atoms with Gasteiger partial charge in [-0.2, -0.15) is 0 Å². The highest BCUT2D eigenvalue weighted by atomic mass is 19.2. The van der Waals surface area contributed by atoms with Crippen LogP contribution in [0.3, 0.4) is 0 Å². The third-order valence-corrected chi connectivity index (χ3v) is 3.17. The van der Waals surface area contributed by atoms with Gasteiger partial charge in [-0.1, -0.05) is 6.07 Å². The van der Waals surface area contributed by atoms with Crippen LogP contribution in [0.4, 0.5) is 30.4 Å². The zero-order valence-corrected chi connectivity index (χ0v) is 12.6. The van der Waals surface area contributed by atoms with Crippen LogP contribution in [0, 0.1) is 17.5 Å². The molecule has 25 heavy (non-hydrogen) atoms. The van der Waals surface area contributed by atoms with Crippen molar-refractivity contribution < 1.29 is 18.0 Å². The molecule has 3 rings (SSSR count). The molecule has 1 aromatic heterocycles. The van der Waals surface area contributed by atoms with Gasteiger partial charge in [0, 0.05) is 17.4 Å². The number of nitrogens with one attached hydrogen (secondary N) is 2. The molecule has 0 bridgehead atoms. The Morgan fingerprint density at radius 3 is 2.36 bits per heavy atom. The molecule has 1 heterocycles. The van der Waals surface area contributed by atoms with Crippen molar-refractivity contribution in [2.24, 2.45) is 0 Å². The molecule has 126 valence electrons. The standard InChI is InChI=1S/C17H11F3N4O/c18-10-2-1-3-11(8-10)21-16-7-6-15(23-24-16)17(25)22-12-4-5-13(19)14(20)9-12/h1-9H,(H,21,24)(H,22,25). The number of amides is 1. The molecule has 3 aromatic rings. The molecule has 0 aliphatic rings. The van der Waals surface area contributed by atoms with Crippen LogP contribution >= 0.6 is 0 Å². The lowest BCUT2D eigenvalue weighted by Crippen LogP contribution is -2.14. The molecule has 0 saturated carbocycles. The Labute approximate surface area is 140 Å². The Morgan fingerprint density at radius 2 is 1.68 bits per heavy atom. The molecule has 2 aromatic carbocycles. The van der Waals surface area contributed by atoms with E-state index in [4.69, 9.17) is 0 Å². The van der Waals surface area contributed by atoms with Crippen molar-refractivity contribution >= 4 is 23.1 Å². The average molecular weight is 344 g/mol. The topological polar surface area (TPSA) is 66.9 Å². The molecule has 2 N–H and O–H groups in total. The fourth-order valence-electron chi connectivity index (χ4n) is 2.00.